The van der Waals surface area contributed by atoms with E-state index in [2.05, 4.69) is 10.6 Å². The second-order valence-electron chi connectivity index (χ2n) is 7.08. The summed E-state index contributed by atoms with van der Waals surface area (Å²) in [6.07, 6.45) is 5.08. The van der Waals surface area contributed by atoms with Crippen LogP contribution in [0.1, 0.15) is 43.2 Å². The van der Waals surface area contributed by atoms with Gasteiger partial charge in [0.05, 0.1) is 6.54 Å². The molecule has 5 N–H and O–H groups in total. The van der Waals surface area contributed by atoms with Crippen LogP contribution >= 0.6 is 0 Å². The van der Waals surface area contributed by atoms with Gasteiger partial charge in [0.1, 0.15) is 11.9 Å². The molecule has 26 heavy (non-hydrogen) atoms. The van der Waals surface area contributed by atoms with Gasteiger partial charge in [-0.25, -0.2) is 0 Å². The quantitative estimate of drug-likeness (QED) is 0.425. The molecule has 2 fully saturated rings. The summed E-state index contributed by atoms with van der Waals surface area (Å²) in [5.41, 5.74) is 7.03. The molecule has 1 saturated carbocycles. The Morgan fingerprint density at radius 2 is 1.88 bits per heavy atom. The molecule has 1 aromatic rings. The van der Waals surface area contributed by atoms with Gasteiger partial charge in [-0.3, -0.25) is 15.0 Å². The molecule has 3 rings (SSSR count). The van der Waals surface area contributed by atoms with Crippen LogP contribution in [-0.2, 0) is 16.1 Å². The standard InChI is InChI=1S/C19H27N5O2/c20-18(21)14-8-6-13(7-9-14)11-23-19(26)16-5-2-10-24(16)17(25)12-22-15-3-1-4-15/h6-9,15-16,22H,1-5,10-12H2,(H3,20,21)(H,23,26). The molecule has 0 aromatic heterocycles. The fourth-order valence-electron chi connectivity index (χ4n) is 3.39. The lowest BCUT2D eigenvalue weighted by Crippen LogP contribution is -2.50. The van der Waals surface area contributed by atoms with Gasteiger partial charge in [-0.15, -0.1) is 0 Å². The number of benzene rings is 1. The highest BCUT2D eigenvalue weighted by molar-refractivity contribution is 5.94. The number of nitrogen functional groups attached to an aromatic ring is 1. The largest absolute Gasteiger partial charge is 0.384 e. The Labute approximate surface area is 153 Å². The number of rotatable bonds is 7. The third-order valence-corrected chi connectivity index (χ3v) is 5.25. The van der Waals surface area contributed by atoms with Crippen LogP contribution in [-0.4, -0.2) is 47.7 Å². The van der Waals surface area contributed by atoms with E-state index in [1.807, 2.05) is 12.1 Å². The molecule has 7 nitrogen and oxygen atoms in total. The average molecular weight is 357 g/mol. The van der Waals surface area contributed by atoms with Gasteiger partial charge in [0, 0.05) is 24.7 Å². The summed E-state index contributed by atoms with van der Waals surface area (Å²) < 4.78 is 0. The predicted octanol–water partition coefficient (Wildman–Crippen LogP) is 0.720. The van der Waals surface area contributed by atoms with Crippen molar-refractivity contribution in [3.05, 3.63) is 35.4 Å². The van der Waals surface area contributed by atoms with Gasteiger partial charge in [0.2, 0.25) is 11.8 Å². The molecule has 0 bridgehead atoms. The van der Waals surface area contributed by atoms with E-state index in [9.17, 15) is 9.59 Å². The zero-order chi connectivity index (χ0) is 18.5. The number of amidine groups is 1. The molecule has 1 atom stereocenters. The molecule has 140 valence electrons. The van der Waals surface area contributed by atoms with Gasteiger partial charge in [0.25, 0.3) is 0 Å². The monoisotopic (exact) mass is 357 g/mol. The molecule has 0 radical (unpaired) electrons. The van der Waals surface area contributed by atoms with Gasteiger partial charge < -0.3 is 21.3 Å². The summed E-state index contributed by atoms with van der Waals surface area (Å²) >= 11 is 0. The molecule has 1 heterocycles. The number of hydrogen-bond acceptors (Lipinski definition) is 4. The number of nitrogens with zero attached hydrogens (tertiary/aromatic N) is 1. The highest BCUT2D eigenvalue weighted by Crippen LogP contribution is 2.20. The molecule has 1 aliphatic carbocycles. The van der Waals surface area contributed by atoms with Crippen molar-refractivity contribution < 1.29 is 9.59 Å². The number of nitrogens with one attached hydrogen (secondary N) is 3. The molecule has 2 amide bonds. The minimum absolute atomic E-state index is 0.0142. The summed E-state index contributed by atoms with van der Waals surface area (Å²) in [5, 5.41) is 13.6. The fourth-order valence-corrected chi connectivity index (χ4v) is 3.39. The SMILES string of the molecule is N=C(N)c1ccc(CNC(=O)C2CCCN2C(=O)CNC2CCC2)cc1. The number of likely N-dealkylation sites (tertiary alicyclic amines) is 1. The lowest BCUT2D eigenvalue weighted by atomic mass is 9.93. The van der Waals surface area contributed by atoms with Crippen LogP contribution in [0, 0.1) is 5.41 Å². The van der Waals surface area contributed by atoms with Crippen molar-refractivity contribution >= 4 is 17.6 Å². The zero-order valence-corrected chi connectivity index (χ0v) is 15.0. The van der Waals surface area contributed by atoms with Crippen molar-refractivity contribution in [2.75, 3.05) is 13.1 Å². The maximum atomic E-state index is 12.5. The normalized spacial score (nSPS) is 19.8. The smallest absolute Gasteiger partial charge is 0.243 e. The highest BCUT2D eigenvalue weighted by atomic mass is 16.2. The van der Waals surface area contributed by atoms with Crippen LogP contribution in [0.2, 0.25) is 0 Å². The third-order valence-electron chi connectivity index (χ3n) is 5.25. The number of hydrogen-bond donors (Lipinski definition) is 4. The second kappa shape index (κ2) is 8.31. The van der Waals surface area contributed by atoms with Gasteiger partial charge in [-0.05, 0) is 31.2 Å². The predicted molar refractivity (Wildman–Crippen MR) is 99.7 cm³/mol. The van der Waals surface area contributed by atoms with Gasteiger partial charge in [0.15, 0.2) is 0 Å². The molecule has 0 spiro atoms. The first-order valence-corrected chi connectivity index (χ1v) is 9.28. The van der Waals surface area contributed by atoms with Crippen LogP contribution in [0.3, 0.4) is 0 Å². The van der Waals surface area contributed by atoms with E-state index in [0.29, 0.717) is 37.7 Å². The fraction of sp³-hybridized carbons (Fsp3) is 0.526. The Bertz CT molecular complexity index is 669. The van der Waals surface area contributed by atoms with Crippen molar-refractivity contribution in [2.24, 2.45) is 5.73 Å². The van der Waals surface area contributed by atoms with Gasteiger partial charge >= 0.3 is 0 Å². The molecule has 1 saturated heterocycles. The highest BCUT2D eigenvalue weighted by Gasteiger charge is 2.34. The topological polar surface area (TPSA) is 111 Å². The Morgan fingerprint density at radius 1 is 1.15 bits per heavy atom. The minimum atomic E-state index is -0.373. The van der Waals surface area contributed by atoms with Crippen molar-refractivity contribution in [3.63, 3.8) is 0 Å². The van der Waals surface area contributed by atoms with E-state index in [0.717, 1.165) is 24.8 Å². The van der Waals surface area contributed by atoms with Crippen molar-refractivity contribution in [1.29, 1.82) is 5.41 Å². The van der Waals surface area contributed by atoms with E-state index in [-0.39, 0.29) is 23.7 Å². The summed E-state index contributed by atoms with van der Waals surface area (Å²) in [6, 6.07) is 7.31. The summed E-state index contributed by atoms with van der Waals surface area (Å²) in [7, 11) is 0. The first-order valence-electron chi connectivity index (χ1n) is 9.28. The molecular formula is C19H27N5O2. The third kappa shape index (κ3) is 4.40. The zero-order valence-electron chi connectivity index (χ0n) is 15.0. The van der Waals surface area contributed by atoms with Gasteiger partial charge in [-0.2, -0.15) is 0 Å². The number of carbonyl (C=O) groups excluding carboxylic acids is 2. The van der Waals surface area contributed by atoms with Crippen molar-refractivity contribution in [2.45, 2.75) is 50.7 Å². The molecule has 1 aliphatic heterocycles. The minimum Gasteiger partial charge on any atom is -0.384 e. The molecule has 2 aliphatic rings. The van der Waals surface area contributed by atoms with E-state index in [1.54, 1.807) is 17.0 Å². The van der Waals surface area contributed by atoms with E-state index in [4.69, 9.17) is 11.1 Å². The van der Waals surface area contributed by atoms with E-state index in [1.165, 1.54) is 6.42 Å². The molecule has 1 unspecified atom stereocenters. The molecule has 1 aromatic carbocycles. The maximum Gasteiger partial charge on any atom is 0.243 e. The van der Waals surface area contributed by atoms with Gasteiger partial charge in [-0.1, -0.05) is 30.7 Å². The average Bonchev–Trinajstić information content (AvgIpc) is 3.08. The molecular weight excluding hydrogens is 330 g/mol. The number of amides is 2. The van der Waals surface area contributed by atoms with E-state index < -0.39 is 0 Å². The Balaban J connectivity index is 1.49. The summed E-state index contributed by atoms with van der Waals surface area (Å²) in [4.78, 5) is 26.7. The Kier molecular flexibility index (Phi) is 5.88. The van der Waals surface area contributed by atoms with E-state index >= 15 is 0 Å². The van der Waals surface area contributed by atoms with Crippen LogP contribution < -0.4 is 16.4 Å². The summed E-state index contributed by atoms with van der Waals surface area (Å²) in [5.74, 6) is -0.0632. The van der Waals surface area contributed by atoms with Crippen LogP contribution in [0.4, 0.5) is 0 Å². The lowest BCUT2D eigenvalue weighted by molar-refractivity contribution is -0.138. The lowest BCUT2D eigenvalue weighted by Gasteiger charge is -2.29. The van der Waals surface area contributed by atoms with Crippen LogP contribution in [0.5, 0.6) is 0 Å². The number of carbonyl (C=O) groups is 2. The van der Waals surface area contributed by atoms with Crippen LogP contribution in [0.15, 0.2) is 24.3 Å². The number of nitrogens with two attached hydrogens (primary N) is 1. The molecule has 7 heteroatoms. The summed E-state index contributed by atoms with van der Waals surface area (Å²) in [6.45, 7) is 1.37. The van der Waals surface area contributed by atoms with Crippen LogP contribution in [0.25, 0.3) is 0 Å². The Hall–Kier alpha value is -2.41. The van der Waals surface area contributed by atoms with Crippen molar-refractivity contribution in [3.8, 4) is 0 Å². The van der Waals surface area contributed by atoms with Crippen molar-refractivity contribution in [1.82, 2.24) is 15.5 Å². The maximum absolute atomic E-state index is 12.5. The first kappa shape index (κ1) is 18.4. The first-order chi connectivity index (χ1) is 12.5. The second-order valence-corrected chi connectivity index (χ2v) is 7.08. The Morgan fingerprint density at radius 3 is 2.50 bits per heavy atom.